The van der Waals surface area contributed by atoms with E-state index in [2.05, 4.69) is 12.2 Å². The molecule has 1 N–H and O–H groups in total. The van der Waals surface area contributed by atoms with Crippen LogP contribution in [0.3, 0.4) is 0 Å². The molecule has 4 rings (SSSR count). The fourth-order valence-electron chi connectivity index (χ4n) is 4.80. The minimum absolute atomic E-state index is 0.0361. The van der Waals surface area contributed by atoms with Crippen LogP contribution in [0.5, 0.6) is 0 Å². The first-order valence-corrected chi connectivity index (χ1v) is 10.1. The molecule has 29 heavy (non-hydrogen) atoms. The number of amides is 4. The van der Waals surface area contributed by atoms with E-state index in [1.165, 1.54) is 6.07 Å². The molecular formula is C21H24FN3O4. The molecule has 1 saturated carbocycles. The number of fused-ring (bicyclic) bond motifs is 1. The van der Waals surface area contributed by atoms with Crippen LogP contribution in [0.2, 0.25) is 0 Å². The van der Waals surface area contributed by atoms with Gasteiger partial charge in [0.05, 0.1) is 16.8 Å². The number of carbonyl (C=O) groups excluding carboxylic acids is 4. The molecule has 1 aromatic carbocycles. The Labute approximate surface area is 168 Å². The van der Waals surface area contributed by atoms with E-state index in [-0.39, 0.29) is 35.7 Å². The summed E-state index contributed by atoms with van der Waals surface area (Å²) in [6.07, 6.45) is 4.38. The number of hydrogen-bond donors (Lipinski definition) is 1. The summed E-state index contributed by atoms with van der Waals surface area (Å²) in [7, 11) is 1.82. The van der Waals surface area contributed by atoms with E-state index < -0.39 is 35.5 Å². The number of piperidine rings is 1. The van der Waals surface area contributed by atoms with Crippen LogP contribution in [0.1, 0.15) is 66.2 Å². The Balaban J connectivity index is 1.66. The van der Waals surface area contributed by atoms with Crippen molar-refractivity contribution in [3.8, 4) is 0 Å². The highest BCUT2D eigenvalue weighted by Gasteiger charge is 2.45. The lowest BCUT2D eigenvalue weighted by Gasteiger charge is -2.38. The highest BCUT2D eigenvalue weighted by Crippen LogP contribution is 2.36. The Morgan fingerprint density at radius 1 is 1.03 bits per heavy atom. The lowest BCUT2D eigenvalue weighted by atomic mass is 9.85. The molecule has 0 spiro atoms. The normalized spacial score (nSPS) is 27.1. The van der Waals surface area contributed by atoms with Gasteiger partial charge in [0, 0.05) is 19.5 Å². The van der Waals surface area contributed by atoms with Gasteiger partial charge in [-0.1, -0.05) is 19.8 Å². The summed E-state index contributed by atoms with van der Waals surface area (Å²) in [5.74, 6) is -2.58. The molecule has 0 radical (unpaired) electrons. The minimum atomic E-state index is -1.05. The molecule has 1 saturated heterocycles. The van der Waals surface area contributed by atoms with Crippen LogP contribution in [0.4, 0.5) is 10.1 Å². The third-order valence-electron chi connectivity index (χ3n) is 6.45. The summed E-state index contributed by atoms with van der Waals surface area (Å²) in [6, 6.07) is 1.64. The number of carbonyl (C=O) groups is 4. The predicted molar refractivity (Wildman–Crippen MR) is 103 cm³/mol. The fraction of sp³-hybridized carbons (Fsp3) is 0.524. The molecule has 3 atom stereocenters. The standard InChI is InChI=1S/C21H24FN3O4/c1-11-5-3-4-6-15(11)24(2)17-10-13-12(9-14(17)22)20(28)25(21(13)29)16-7-8-18(26)23-19(16)27/h9-11,15-16H,3-8H2,1-2H3,(H,23,26,27)/t11-,15+,16?/m0/s1. The molecule has 1 unspecified atom stereocenters. The topological polar surface area (TPSA) is 86.8 Å². The number of halogens is 1. The Morgan fingerprint density at radius 2 is 1.69 bits per heavy atom. The number of hydrogen-bond acceptors (Lipinski definition) is 5. The van der Waals surface area contributed by atoms with E-state index >= 15 is 0 Å². The van der Waals surface area contributed by atoms with Crippen molar-refractivity contribution in [1.82, 2.24) is 10.2 Å². The lowest BCUT2D eigenvalue weighted by molar-refractivity contribution is -0.136. The Hall–Kier alpha value is -2.77. The molecule has 154 valence electrons. The van der Waals surface area contributed by atoms with Crippen molar-refractivity contribution in [2.24, 2.45) is 5.92 Å². The quantitative estimate of drug-likeness (QED) is 0.785. The first-order valence-electron chi connectivity index (χ1n) is 10.1. The van der Waals surface area contributed by atoms with Gasteiger partial charge in [-0.15, -0.1) is 0 Å². The highest BCUT2D eigenvalue weighted by atomic mass is 19.1. The van der Waals surface area contributed by atoms with Crippen LogP contribution >= 0.6 is 0 Å². The average molecular weight is 401 g/mol. The highest BCUT2D eigenvalue weighted by molar-refractivity contribution is 6.23. The fourth-order valence-corrected chi connectivity index (χ4v) is 4.80. The van der Waals surface area contributed by atoms with E-state index in [1.54, 1.807) is 0 Å². The number of nitrogens with one attached hydrogen (secondary N) is 1. The summed E-state index contributed by atoms with van der Waals surface area (Å²) < 4.78 is 14.9. The molecule has 7 nitrogen and oxygen atoms in total. The molecule has 0 bridgehead atoms. The first-order chi connectivity index (χ1) is 13.8. The monoisotopic (exact) mass is 401 g/mol. The maximum atomic E-state index is 14.9. The largest absolute Gasteiger partial charge is 0.369 e. The second-order valence-corrected chi connectivity index (χ2v) is 8.24. The predicted octanol–water partition coefficient (Wildman–Crippen LogP) is 2.24. The second-order valence-electron chi connectivity index (χ2n) is 8.24. The van der Waals surface area contributed by atoms with Crippen molar-refractivity contribution in [2.45, 2.75) is 57.5 Å². The van der Waals surface area contributed by atoms with Crippen molar-refractivity contribution in [2.75, 3.05) is 11.9 Å². The maximum absolute atomic E-state index is 14.9. The van der Waals surface area contributed by atoms with Gasteiger partial charge in [0.25, 0.3) is 11.8 Å². The summed E-state index contributed by atoms with van der Waals surface area (Å²) in [5, 5.41) is 2.16. The smallest absolute Gasteiger partial charge is 0.262 e. The van der Waals surface area contributed by atoms with Crippen LogP contribution in [-0.2, 0) is 9.59 Å². The zero-order chi connectivity index (χ0) is 20.9. The average Bonchev–Trinajstić information content (AvgIpc) is 2.91. The molecule has 2 aliphatic heterocycles. The third-order valence-corrected chi connectivity index (χ3v) is 6.45. The molecule has 2 fully saturated rings. The van der Waals surface area contributed by atoms with Crippen LogP contribution in [0.15, 0.2) is 12.1 Å². The van der Waals surface area contributed by atoms with Crippen LogP contribution in [-0.4, -0.2) is 47.7 Å². The van der Waals surface area contributed by atoms with Gasteiger partial charge >= 0.3 is 0 Å². The summed E-state index contributed by atoms with van der Waals surface area (Å²) >= 11 is 0. The molecule has 4 amide bonds. The number of anilines is 1. The Kier molecular flexibility index (Phi) is 4.88. The zero-order valence-electron chi connectivity index (χ0n) is 16.5. The number of nitrogens with zero attached hydrogens (tertiary/aromatic N) is 2. The maximum Gasteiger partial charge on any atom is 0.262 e. The minimum Gasteiger partial charge on any atom is -0.369 e. The van der Waals surface area contributed by atoms with Gasteiger partial charge in [-0.05, 0) is 37.3 Å². The van der Waals surface area contributed by atoms with E-state index in [1.807, 2.05) is 11.9 Å². The van der Waals surface area contributed by atoms with Gasteiger partial charge in [-0.2, -0.15) is 0 Å². The number of benzene rings is 1. The van der Waals surface area contributed by atoms with Crippen molar-refractivity contribution >= 4 is 29.3 Å². The van der Waals surface area contributed by atoms with E-state index in [0.29, 0.717) is 5.92 Å². The number of rotatable bonds is 3. The Morgan fingerprint density at radius 3 is 2.34 bits per heavy atom. The summed E-state index contributed by atoms with van der Waals surface area (Å²) in [4.78, 5) is 52.0. The van der Waals surface area contributed by atoms with Crippen molar-refractivity contribution in [3.63, 3.8) is 0 Å². The Bertz CT molecular complexity index is 915. The zero-order valence-corrected chi connectivity index (χ0v) is 16.5. The van der Waals surface area contributed by atoms with Gasteiger partial charge in [0.15, 0.2) is 0 Å². The van der Waals surface area contributed by atoms with Gasteiger partial charge in [0.1, 0.15) is 11.9 Å². The molecule has 1 aromatic rings. The van der Waals surface area contributed by atoms with Crippen molar-refractivity contribution < 1.29 is 23.6 Å². The molecule has 0 aromatic heterocycles. The van der Waals surface area contributed by atoms with Gasteiger partial charge < -0.3 is 4.90 Å². The van der Waals surface area contributed by atoms with E-state index in [9.17, 15) is 23.6 Å². The molecule has 8 heteroatoms. The van der Waals surface area contributed by atoms with Crippen LogP contribution in [0.25, 0.3) is 0 Å². The second kappa shape index (κ2) is 7.24. The van der Waals surface area contributed by atoms with Crippen molar-refractivity contribution in [1.29, 1.82) is 0 Å². The van der Waals surface area contributed by atoms with Crippen LogP contribution in [0, 0.1) is 11.7 Å². The van der Waals surface area contributed by atoms with E-state index in [0.717, 1.165) is 36.6 Å². The third kappa shape index (κ3) is 3.20. The molecule has 3 aliphatic rings. The van der Waals surface area contributed by atoms with Crippen LogP contribution < -0.4 is 10.2 Å². The number of imide groups is 2. The van der Waals surface area contributed by atoms with E-state index in [4.69, 9.17) is 0 Å². The molecule has 1 aliphatic carbocycles. The molecule has 2 heterocycles. The first kappa shape index (κ1) is 19.5. The summed E-state index contributed by atoms with van der Waals surface area (Å²) in [5.41, 5.74) is 0.353. The molecular weight excluding hydrogens is 377 g/mol. The van der Waals surface area contributed by atoms with Gasteiger partial charge in [0.2, 0.25) is 11.8 Å². The van der Waals surface area contributed by atoms with Gasteiger partial charge in [-0.25, -0.2) is 4.39 Å². The summed E-state index contributed by atoms with van der Waals surface area (Å²) in [6.45, 7) is 2.14. The van der Waals surface area contributed by atoms with Crippen molar-refractivity contribution in [3.05, 3.63) is 29.1 Å². The lowest BCUT2D eigenvalue weighted by Crippen LogP contribution is -2.54. The van der Waals surface area contributed by atoms with Gasteiger partial charge in [-0.3, -0.25) is 29.4 Å². The SMILES string of the molecule is C[C@H]1CCCC[C@H]1N(C)c1cc2c(cc1F)C(=O)N(C1CCC(=O)NC1=O)C2=O.